The zero-order valence-electron chi connectivity index (χ0n) is 9.30. The lowest BCUT2D eigenvalue weighted by Crippen LogP contribution is -1.83. The molecule has 0 aliphatic heterocycles. The highest BCUT2D eigenvalue weighted by Crippen LogP contribution is 2.34. The largest absolute Gasteiger partial charge is 0.494 e. The minimum atomic E-state index is 0.737. The zero-order valence-corrected chi connectivity index (χ0v) is 10.9. The first kappa shape index (κ1) is 12.3. The number of nitrogens with zero attached hydrogens (tertiary/aromatic N) is 1. The van der Waals surface area contributed by atoms with E-state index in [9.17, 15) is 0 Å². The molecular weight excluding hydrogens is 230 g/mol. The van der Waals surface area contributed by atoms with Crippen molar-refractivity contribution in [2.24, 2.45) is 0 Å². The van der Waals surface area contributed by atoms with Crippen LogP contribution in [0.25, 0.3) is 10.2 Å². The van der Waals surface area contributed by atoms with E-state index in [0.717, 1.165) is 26.0 Å². The van der Waals surface area contributed by atoms with Crippen LogP contribution >= 0.6 is 22.9 Å². The fourth-order valence-corrected chi connectivity index (χ4v) is 2.33. The van der Waals surface area contributed by atoms with Gasteiger partial charge in [0.1, 0.15) is 11.3 Å². The first-order chi connectivity index (χ1) is 7.22. The minimum absolute atomic E-state index is 0.737. The molecule has 2 rings (SSSR count). The SMILES string of the molecule is CC.COc1ccc(Cl)c2sc(C)nc12. The van der Waals surface area contributed by atoms with E-state index >= 15 is 0 Å². The molecule has 1 aromatic heterocycles. The Morgan fingerprint density at radius 3 is 2.60 bits per heavy atom. The highest BCUT2D eigenvalue weighted by molar-refractivity contribution is 7.19. The maximum atomic E-state index is 6.01. The average Bonchev–Trinajstić information content (AvgIpc) is 2.64. The van der Waals surface area contributed by atoms with Gasteiger partial charge in [0.2, 0.25) is 0 Å². The van der Waals surface area contributed by atoms with Crippen LogP contribution in [0, 0.1) is 6.92 Å². The fourth-order valence-electron chi connectivity index (χ4n) is 1.22. The fraction of sp³-hybridized carbons (Fsp3) is 0.364. The van der Waals surface area contributed by atoms with E-state index in [-0.39, 0.29) is 0 Å². The molecular formula is C11H14ClNOS. The van der Waals surface area contributed by atoms with Crippen molar-refractivity contribution in [2.75, 3.05) is 7.11 Å². The molecule has 0 unspecified atom stereocenters. The Morgan fingerprint density at radius 2 is 2.00 bits per heavy atom. The normalized spacial score (nSPS) is 9.67. The molecule has 0 N–H and O–H groups in total. The van der Waals surface area contributed by atoms with E-state index in [0.29, 0.717) is 0 Å². The molecule has 2 nitrogen and oxygen atoms in total. The van der Waals surface area contributed by atoms with Crippen molar-refractivity contribution in [3.63, 3.8) is 0 Å². The number of hydrogen-bond acceptors (Lipinski definition) is 3. The molecule has 2 aromatic rings. The summed E-state index contributed by atoms with van der Waals surface area (Å²) in [5.74, 6) is 0.781. The molecule has 15 heavy (non-hydrogen) atoms. The summed E-state index contributed by atoms with van der Waals surface area (Å²) in [7, 11) is 1.64. The summed E-state index contributed by atoms with van der Waals surface area (Å²) in [4.78, 5) is 4.35. The third kappa shape index (κ3) is 2.41. The van der Waals surface area contributed by atoms with Gasteiger partial charge in [-0.1, -0.05) is 25.4 Å². The van der Waals surface area contributed by atoms with E-state index in [1.807, 2.05) is 32.9 Å². The van der Waals surface area contributed by atoms with Crippen LogP contribution in [0.4, 0.5) is 0 Å². The lowest BCUT2D eigenvalue weighted by Gasteiger charge is -2.00. The van der Waals surface area contributed by atoms with Gasteiger partial charge in [-0.05, 0) is 19.1 Å². The van der Waals surface area contributed by atoms with Crippen LogP contribution in [0.2, 0.25) is 5.02 Å². The Kier molecular flexibility index (Phi) is 4.36. The van der Waals surface area contributed by atoms with Gasteiger partial charge in [-0.15, -0.1) is 11.3 Å². The molecule has 1 heterocycles. The number of benzene rings is 1. The third-order valence-corrected chi connectivity index (χ3v) is 3.22. The monoisotopic (exact) mass is 243 g/mol. The van der Waals surface area contributed by atoms with Crippen LogP contribution < -0.4 is 4.74 Å². The quantitative estimate of drug-likeness (QED) is 0.745. The summed E-state index contributed by atoms with van der Waals surface area (Å²) in [6, 6.07) is 3.67. The van der Waals surface area contributed by atoms with Crippen molar-refractivity contribution in [3.8, 4) is 5.75 Å². The molecule has 0 saturated heterocycles. The van der Waals surface area contributed by atoms with Crippen molar-refractivity contribution in [1.29, 1.82) is 0 Å². The molecule has 4 heteroatoms. The summed E-state index contributed by atoms with van der Waals surface area (Å²) in [6.07, 6.45) is 0. The van der Waals surface area contributed by atoms with Crippen molar-refractivity contribution >= 4 is 33.2 Å². The highest BCUT2D eigenvalue weighted by Gasteiger charge is 2.09. The van der Waals surface area contributed by atoms with E-state index < -0.39 is 0 Å². The van der Waals surface area contributed by atoms with Gasteiger partial charge in [0.05, 0.1) is 21.8 Å². The zero-order chi connectivity index (χ0) is 11.4. The number of methoxy groups -OCH3 is 1. The Labute approximate surface area is 98.9 Å². The van der Waals surface area contributed by atoms with E-state index in [1.165, 1.54) is 0 Å². The summed E-state index contributed by atoms with van der Waals surface area (Å²) < 4.78 is 6.18. The standard InChI is InChI=1S/C9H8ClNOS.C2H6/c1-5-11-8-7(12-2)4-3-6(10)9(8)13-5;1-2/h3-4H,1-2H3;1-2H3. The van der Waals surface area contributed by atoms with Gasteiger partial charge in [0.25, 0.3) is 0 Å². The second-order valence-corrected chi connectivity index (χ2v) is 4.27. The molecule has 0 aliphatic rings. The van der Waals surface area contributed by atoms with E-state index in [1.54, 1.807) is 18.4 Å². The molecule has 82 valence electrons. The Hall–Kier alpha value is -0.800. The smallest absolute Gasteiger partial charge is 0.146 e. The topological polar surface area (TPSA) is 22.1 Å². The van der Waals surface area contributed by atoms with Crippen LogP contribution in [0.15, 0.2) is 12.1 Å². The summed E-state index contributed by atoms with van der Waals surface area (Å²) >= 11 is 7.60. The molecule has 0 spiro atoms. The van der Waals surface area contributed by atoms with Crippen LogP contribution in [0.1, 0.15) is 18.9 Å². The Bertz CT molecular complexity index is 453. The van der Waals surface area contributed by atoms with Gasteiger partial charge in [0, 0.05) is 0 Å². The predicted octanol–water partition coefficient (Wildman–Crippen LogP) is 4.29. The molecule has 0 amide bonds. The first-order valence-electron chi connectivity index (χ1n) is 4.82. The lowest BCUT2D eigenvalue weighted by molar-refractivity contribution is 0.419. The number of fused-ring (bicyclic) bond motifs is 1. The summed E-state index contributed by atoms with van der Waals surface area (Å²) in [6.45, 7) is 5.96. The van der Waals surface area contributed by atoms with Gasteiger partial charge in [-0.2, -0.15) is 0 Å². The molecule has 0 fully saturated rings. The molecule has 0 radical (unpaired) electrons. The maximum absolute atomic E-state index is 6.01. The van der Waals surface area contributed by atoms with E-state index in [4.69, 9.17) is 16.3 Å². The molecule has 1 aromatic carbocycles. The second kappa shape index (κ2) is 5.33. The lowest BCUT2D eigenvalue weighted by atomic mass is 10.3. The van der Waals surface area contributed by atoms with Gasteiger partial charge < -0.3 is 4.74 Å². The summed E-state index contributed by atoms with van der Waals surface area (Å²) in [5, 5.41) is 1.74. The van der Waals surface area contributed by atoms with Gasteiger partial charge in [-0.25, -0.2) is 4.98 Å². The molecule has 0 aliphatic carbocycles. The molecule has 0 bridgehead atoms. The van der Waals surface area contributed by atoms with Gasteiger partial charge in [-0.3, -0.25) is 0 Å². The van der Waals surface area contributed by atoms with Gasteiger partial charge >= 0.3 is 0 Å². The maximum Gasteiger partial charge on any atom is 0.146 e. The Morgan fingerprint density at radius 1 is 1.33 bits per heavy atom. The molecule has 0 saturated carbocycles. The number of aromatic nitrogens is 1. The Balaban J connectivity index is 0.000000531. The first-order valence-corrected chi connectivity index (χ1v) is 6.01. The third-order valence-electron chi connectivity index (χ3n) is 1.79. The number of hydrogen-bond donors (Lipinski definition) is 0. The van der Waals surface area contributed by atoms with Crippen LogP contribution in [0.5, 0.6) is 5.75 Å². The van der Waals surface area contributed by atoms with Crippen molar-refractivity contribution in [2.45, 2.75) is 20.8 Å². The molecule has 0 atom stereocenters. The van der Waals surface area contributed by atoms with E-state index in [2.05, 4.69) is 4.98 Å². The number of halogens is 1. The summed E-state index contributed by atoms with van der Waals surface area (Å²) in [5.41, 5.74) is 0.859. The van der Waals surface area contributed by atoms with Gasteiger partial charge in [0.15, 0.2) is 0 Å². The minimum Gasteiger partial charge on any atom is -0.494 e. The number of aryl methyl sites for hydroxylation is 1. The van der Waals surface area contributed by atoms with Crippen LogP contribution in [0.3, 0.4) is 0 Å². The average molecular weight is 244 g/mol. The van der Waals surface area contributed by atoms with Crippen molar-refractivity contribution in [1.82, 2.24) is 4.98 Å². The number of rotatable bonds is 1. The van der Waals surface area contributed by atoms with Crippen molar-refractivity contribution in [3.05, 3.63) is 22.2 Å². The second-order valence-electron chi connectivity index (χ2n) is 2.66. The highest BCUT2D eigenvalue weighted by atomic mass is 35.5. The van der Waals surface area contributed by atoms with Crippen molar-refractivity contribution < 1.29 is 4.74 Å². The number of thiazole rings is 1. The van der Waals surface area contributed by atoms with Crippen LogP contribution in [-0.4, -0.2) is 12.1 Å². The number of ether oxygens (including phenoxy) is 1. The predicted molar refractivity (Wildman–Crippen MR) is 67.3 cm³/mol. The van der Waals surface area contributed by atoms with Crippen LogP contribution in [-0.2, 0) is 0 Å².